The van der Waals surface area contributed by atoms with Crippen molar-refractivity contribution >= 4 is 11.6 Å². The molecule has 0 aromatic carbocycles. The number of aryl methyl sites for hydroxylation is 1. The summed E-state index contributed by atoms with van der Waals surface area (Å²) in [7, 11) is 1.70. The Kier molecular flexibility index (Phi) is 3.83. The van der Waals surface area contributed by atoms with Crippen LogP contribution in [0.15, 0.2) is 6.33 Å². The summed E-state index contributed by atoms with van der Waals surface area (Å²) in [6, 6.07) is -0.00546. The number of rotatable bonds is 5. The molecule has 3 N–H and O–H groups in total. The van der Waals surface area contributed by atoms with Crippen molar-refractivity contribution in [1.82, 2.24) is 9.55 Å². The lowest BCUT2D eigenvalue weighted by Crippen LogP contribution is -2.34. The first-order valence-corrected chi connectivity index (χ1v) is 5.09. The van der Waals surface area contributed by atoms with Crippen molar-refractivity contribution in [3.05, 3.63) is 16.4 Å². The third kappa shape index (κ3) is 2.48. The molecule has 1 rings (SSSR count). The van der Waals surface area contributed by atoms with Gasteiger partial charge in [0.05, 0.1) is 0 Å². The van der Waals surface area contributed by atoms with Crippen LogP contribution < -0.4 is 11.1 Å². The smallest absolute Gasteiger partial charge is 0.360 e. The number of nitrogens with one attached hydrogen (secondary N) is 1. The molecule has 7 nitrogen and oxygen atoms in total. The van der Waals surface area contributed by atoms with E-state index in [4.69, 9.17) is 5.73 Å². The maximum absolute atomic E-state index is 10.7. The zero-order valence-electron chi connectivity index (χ0n) is 9.67. The van der Waals surface area contributed by atoms with Gasteiger partial charge in [-0.2, -0.15) is 0 Å². The fraction of sp³-hybridized carbons (Fsp3) is 0.667. The van der Waals surface area contributed by atoms with Crippen LogP contribution in [0.4, 0.5) is 11.6 Å². The normalized spacial score (nSPS) is 12.8. The van der Waals surface area contributed by atoms with Gasteiger partial charge in [-0.25, -0.2) is 0 Å². The maximum Gasteiger partial charge on any atom is 0.406 e. The molecule has 16 heavy (non-hydrogen) atoms. The van der Waals surface area contributed by atoms with Gasteiger partial charge in [0.2, 0.25) is 12.1 Å². The summed E-state index contributed by atoms with van der Waals surface area (Å²) in [5.74, 6) is 0.523. The summed E-state index contributed by atoms with van der Waals surface area (Å²) in [5, 5.41) is 13.8. The summed E-state index contributed by atoms with van der Waals surface area (Å²) < 4.78 is 1.59. The van der Waals surface area contributed by atoms with E-state index in [0.717, 1.165) is 0 Å². The first kappa shape index (κ1) is 12.4. The van der Waals surface area contributed by atoms with Gasteiger partial charge in [-0.05, 0) is 15.8 Å². The Morgan fingerprint density at radius 2 is 2.31 bits per heavy atom. The molecule has 0 bridgehead atoms. The molecule has 1 aromatic rings. The van der Waals surface area contributed by atoms with Gasteiger partial charge in [0, 0.05) is 19.6 Å². The molecule has 1 atom stereocenters. The monoisotopic (exact) mass is 227 g/mol. The third-order valence-corrected chi connectivity index (χ3v) is 2.47. The van der Waals surface area contributed by atoms with Gasteiger partial charge in [-0.3, -0.25) is 4.57 Å². The Morgan fingerprint density at radius 1 is 1.69 bits per heavy atom. The van der Waals surface area contributed by atoms with Gasteiger partial charge in [0.15, 0.2) is 0 Å². The van der Waals surface area contributed by atoms with Crippen molar-refractivity contribution in [2.75, 3.05) is 11.9 Å². The maximum atomic E-state index is 10.7. The predicted octanol–water partition coefficient (Wildman–Crippen LogP) is 0.724. The number of anilines is 1. The van der Waals surface area contributed by atoms with Gasteiger partial charge in [-0.15, -0.1) is 0 Å². The number of imidazole rings is 1. The van der Waals surface area contributed by atoms with E-state index in [0.29, 0.717) is 18.3 Å². The Bertz CT molecular complexity index is 374. The SMILES string of the molecule is CC(C)C(CN)Nc1c([N+](=O)[O-])ncn1C. The van der Waals surface area contributed by atoms with Crippen LogP contribution in [0.2, 0.25) is 0 Å². The Morgan fingerprint density at radius 3 is 2.75 bits per heavy atom. The van der Waals surface area contributed by atoms with Crippen molar-refractivity contribution in [3.63, 3.8) is 0 Å². The Labute approximate surface area is 93.8 Å². The highest BCUT2D eigenvalue weighted by Gasteiger charge is 2.23. The number of nitrogens with two attached hydrogens (primary N) is 1. The first-order chi connectivity index (χ1) is 7.47. The first-order valence-electron chi connectivity index (χ1n) is 5.09. The molecular formula is C9H17N5O2. The van der Waals surface area contributed by atoms with Gasteiger partial charge in [0.1, 0.15) is 0 Å². The molecule has 90 valence electrons. The summed E-state index contributed by atoms with van der Waals surface area (Å²) in [4.78, 5) is 14.0. The molecular weight excluding hydrogens is 210 g/mol. The second-order valence-electron chi connectivity index (χ2n) is 4.02. The minimum atomic E-state index is -0.504. The number of hydrogen-bond acceptors (Lipinski definition) is 5. The van der Waals surface area contributed by atoms with Crippen molar-refractivity contribution in [1.29, 1.82) is 0 Å². The van der Waals surface area contributed by atoms with Crippen molar-refractivity contribution in [2.45, 2.75) is 19.9 Å². The van der Waals surface area contributed by atoms with Crippen LogP contribution in [0, 0.1) is 16.0 Å². The molecule has 0 spiro atoms. The second-order valence-corrected chi connectivity index (χ2v) is 4.02. The van der Waals surface area contributed by atoms with E-state index in [1.54, 1.807) is 11.6 Å². The fourth-order valence-electron chi connectivity index (χ4n) is 1.39. The van der Waals surface area contributed by atoms with Gasteiger partial charge in [0.25, 0.3) is 0 Å². The molecule has 0 fully saturated rings. The average Bonchev–Trinajstić information content (AvgIpc) is 2.56. The van der Waals surface area contributed by atoms with E-state index < -0.39 is 4.92 Å². The van der Waals surface area contributed by atoms with Gasteiger partial charge >= 0.3 is 5.82 Å². The number of hydrogen-bond donors (Lipinski definition) is 2. The van der Waals surface area contributed by atoms with Crippen LogP contribution in [0.1, 0.15) is 13.8 Å². The van der Waals surface area contributed by atoms with E-state index in [-0.39, 0.29) is 11.9 Å². The van der Waals surface area contributed by atoms with Crippen LogP contribution >= 0.6 is 0 Å². The minimum absolute atomic E-state index is 0.00546. The van der Waals surface area contributed by atoms with E-state index in [1.165, 1.54) is 6.33 Å². The highest BCUT2D eigenvalue weighted by molar-refractivity contribution is 5.52. The molecule has 7 heteroatoms. The van der Waals surface area contributed by atoms with Gasteiger partial charge < -0.3 is 21.2 Å². The molecule has 0 radical (unpaired) electrons. The van der Waals surface area contributed by atoms with E-state index in [1.807, 2.05) is 13.8 Å². The zero-order chi connectivity index (χ0) is 12.3. The van der Waals surface area contributed by atoms with Crippen molar-refractivity contribution < 1.29 is 4.92 Å². The fourth-order valence-corrected chi connectivity index (χ4v) is 1.39. The lowest BCUT2D eigenvalue weighted by Gasteiger charge is -2.20. The molecule has 0 saturated carbocycles. The number of nitro groups is 1. The van der Waals surface area contributed by atoms with Gasteiger partial charge in [-0.1, -0.05) is 13.8 Å². The zero-order valence-corrected chi connectivity index (χ0v) is 9.67. The van der Waals surface area contributed by atoms with Crippen LogP contribution in [0.25, 0.3) is 0 Å². The Hall–Kier alpha value is -1.63. The van der Waals surface area contributed by atoms with Crippen LogP contribution in [-0.4, -0.2) is 27.1 Å². The lowest BCUT2D eigenvalue weighted by atomic mass is 10.1. The molecule has 1 heterocycles. The third-order valence-electron chi connectivity index (χ3n) is 2.47. The predicted molar refractivity (Wildman–Crippen MR) is 61.2 cm³/mol. The molecule has 0 amide bonds. The summed E-state index contributed by atoms with van der Waals surface area (Å²) >= 11 is 0. The van der Waals surface area contributed by atoms with Crippen LogP contribution in [-0.2, 0) is 7.05 Å². The molecule has 0 saturated heterocycles. The largest absolute Gasteiger partial charge is 0.406 e. The van der Waals surface area contributed by atoms with E-state index in [2.05, 4.69) is 10.3 Å². The number of nitrogens with zero attached hydrogens (tertiary/aromatic N) is 3. The molecule has 1 aromatic heterocycles. The quantitative estimate of drug-likeness (QED) is 0.570. The van der Waals surface area contributed by atoms with Crippen LogP contribution in [0.3, 0.4) is 0 Å². The highest BCUT2D eigenvalue weighted by atomic mass is 16.6. The second kappa shape index (κ2) is 4.93. The minimum Gasteiger partial charge on any atom is -0.360 e. The standard InChI is InChI=1S/C9H17N5O2/c1-6(2)7(4-10)12-9-8(14(15)16)11-5-13(9)3/h5-7,12H,4,10H2,1-3H3. The molecule has 0 aliphatic rings. The average molecular weight is 227 g/mol. The van der Waals surface area contributed by atoms with E-state index >= 15 is 0 Å². The van der Waals surface area contributed by atoms with Crippen molar-refractivity contribution in [3.8, 4) is 0 Å². The summed E-state index contributed by atoms with van der Waals surface area (Å²) in [6.07, 6.45) is 1.41. The highest BCUT2D eigenvalue weighted by Crippen LogP contribution is 2.22. The van der Waals surface area contributed by atoms with E-state index in [9.17, 15) is 10.1 Å². The summed E-state index contributed by atoms with van der Waals surface area (Å²) in [5.41, 5.74) is 5.60. The van der Waals surface area contributed by atoms with Crippen molar-refractivity contribution in [2.24, 2.45) is 18.7 Å². The lowest BCUT2D eigenvalue weighted by molar-refractivity contribution is -0.388. The molecule has 1 unspecified atom stereocenters. The molecule has 0 aliphatic carbocycles. The Balaban J connectivity index is 2.94. The molecule has 0 aliphatic heterocycles. The summed E-state index contributed by atoms with van der Waals surface area (Å²) in [6.45, 7) is 4.43. The topological polar surface area (TPSA) is 99.0 Å². The number of aromatic nitrogens is 2. The van der Waals surface area contributed by atoms with Crippen LogP contribution in [0.5, 0.6) is 0 Å².